The summed E-state index contributed by atoms with van der Waals surface area (Å²) in [6, 6.07) is 28.8. The highest BCUT2D eigenvalue weighted by atomic mass is 16.5. The van der Waals surface area contributed by atoms with E-state index in [-0.39, 0.29) is 36.0 Å². The third-order valence-corrected chi connectivity index (χ3v) is 6.82. The third-order valence-electron chi connectivity index (χ3n) is 6.82. The van der Waals surface area contributed by atoms with E-state index in [2.05, 4.69) is 12.2 Å². The molecule has 0 aromatic heterocycles. The number of anilines is 1. The average Bonchev–Trinajstić information content (AvgIpc) is 3.04. The van der Waals surface area contributed by atoms with Crippen molar-refractivity contribution in [2.24, 2.45) is 0 Å². The maximum atomic E-state index is 12.2. The molecular weight excluding hydrogens is 550 g/mol. The van der Waals surface area contributed by atoms with Gasteiger partial charge >= 0.3 is 0 Å². The summed E-state index contributed by atoms with van der Waals surface area (Å²) in [4.78, 5) is 48.6. The number of Topliss-reactive ketones (excluding diaryl/α,β-unsaturated/α-hetero) is 4. The molecule has 0 aliphatic carbocycles. The second-order valence-electron chi connectivity index (χ2n) is 10.7. The summed E-state index contributed by atoms with van der Waals surface area (Å²) in [5.74, 6) is 0.123. The van der Waals surface area contributed by atoms with Crippen LogP contribution in [0.4, 0.5) is 5.69 Å². The van der Waals surface area contributed by atoms with Gasteiger partial charge in [0.15, 0.2) is 23.1 Å². The molecule has 0 saturated carbocycles. The van der Waals surface area contributed by atoms with E-state index in [1.807, 2.05) is 57.2 Å². The van der Waals surface area contributed by atoms with Gasteiger partial charge in [-0.2, -0.15) is 0 Å². The van der Waals surface area contributed by atoms with Gasteiger partial charge in [-0.25, -0.2) is 0 Å². The number of nitrogens with one attached hydrogen (secondary N) is 1. The van der Waals surface area contributed by atoms with Crippen LogP contribution in [0.5, 0.6) is 5.75 Å². The van der Waals surface area contributed by atoms with Crippen molar-refractivity contribution >= 4 is 28.8 Å². The standard InChI is InChI=1S/C19H21NO2.C19H20O3/c1-3-12-20-17-10-8-16(9-11-17)19(22)13-18(21)15-6-4-14(2)5-7-15;1-3-12-22-17-10-8-16(9-11-17)19(21)13-18(20)15-6-4-14(2)5-7-15/h4-11,20H,3,12-13H2,1-2H3;4-11H,3,12-13H2,1-2H3. The lowest BCUT2D eigenvalue weighted by Crippen LogP contribution is -2.09. The third kappa shape index (κ3) is 10.8. The molecule has 44 heavy (non-hydrogen) atoms. The molecule has 0 aliphatic heterocycles. The van der Waals surface area contributed by atoms with Crippen LogP contribution in [0.1, 0.15) is 92.1 Å². The molecule has 0 amide bonds. The number of carbonyl (C=O) groups is 4. The summed E-state index contributed by atoms with van der Waals surface area (Å²) < 4.78 is 5.47. The first-order chi connectivity index (χ1) is 21.2. The number of carbonyl (C=O) groups excluding carboxylic acids is 4. The van der Waals surface area contributed by atoms with Crippen molar-refractivity contribution < 1.29 is 23.9 Å². The van der Waals surface area contributed by atoms with E-state index in [0.717, 1.165) is 42.0 Å². The number of hydrogen-bond acceptors (Lipinski definition) is 6. The largest absolute Gasteiger partial charge is 0.494 e. The van der Waals surface area contributed by atoms with Crippen LogP contribution in [0.15, 0.2) is 97.1 Å². The van der Waals surface area contributed by atoms with Crippen LogP contribution >= 0.6 is 0 Å². The van der Waals surface area contributed by atoms with E-state index in [1.54, 1.807) is 60.7 Å². The number of hydrogen-bond donors (Lipinski definition) is 1. The van der Waals surface area contributed by atoms with Gasteiger partial charge in [-0.3, -0.25) is 19.2 Å². The minimum absolute atomic E-state index is 0.0925. The summed E-state index contributed by atoms with van der Waals surface area (Å²) in [7, 11) is 0. The van der Waals surface area contributed by atoms with Crippen molar-refractivity contribution in [3.05, 3.63) is 130 Å². The van der Waals surface area contributed by atoms with Crippen molar-refractivity contribution in [1.29, 1.82) is 0 Å². The highest BCUT2D eigenvalue weighted by Gasteiger charge is 2.15. The number of ketones is 4. The summed E-state index contributed by atoms with van der Waals surface area (Å²) in [5, 5.41) is 3.25. The van der Waals surface area contributed by atoms with Crippen LogP contribution in [-0.2, 0) is 0 Å². The molecule has 6 nitrogen and oxygen atoms in total. The van der Waals surface area contributed by atoms with Crippen molar-refractivity contribution in [2.45, 2.75) is 53.4 Å². The first-order valence-corrected chi connectivity index (χ1v) is 15.0. The van der Waals surface area contributed by atoms with Gasteiger partial charge in [0.2, 0.25) is 0 Å². The van der Waals surface area contributed by atoms with Crippen molar-refractivity contribution in [3.63, 3.8) is 0 Å². The highest BCUT2D eigenvalue weighted by molar-refractivity contribution is 6.14. The van der Waals surface area contributed by atoms with E-state index in [0.29, 0.717) is 28.9 Å². The van der Waals surface area contributed by atoms with Crippen molar-refractivity contribution in [1.82, 2.24) is 0 Å². The molecule has 4 aromatic carbocycles. The maximum absolute atomic E-state index is 12.2. The normalized spacial score (nSPS) is 10.3. The predicted molar refractivity (Wildman–Crippen MR) is 176 cm³/mol. The Labute approximate surface area is 260 Å². The highest BCUT2D eigenvalue weighted by Crippen LogP contribution is 2.16. The van der Waals surface area contributed by atoms with Crippen LogP contribution < -0.4 is 10.1 Å². The second-order valence-corrected chi connectivity index (χ2v) is 10.7. The van der Waals surface area contributed by atoms with Crippen molar-refractivity contribution in [3.8, 4) is 5.75 Å². The molecule has 0 radical (unpaired) electrons. The minimum atomic E-state index is -0.174. The van der Waals surface area contributed by atoms with Gasteiger partial charge in [-0.1, -0.05) is 73.5 Å². The fraction of sp³-hybridized carbons (Fsp3) is 0.263. The zero-order valence-corrected chi connectivity index (χ0v) is 26.0. The molecule has 4 aromatic rings. The lowest BCUT2D eigenvalue weighted by Gasteiger charge is -2.06. The molecular formula is C38H41NO5. The Morgan fingerprint density at radius 3 is 1.25 bits per heavy atom. The molecule has 0 saturated heterocycles. The van der Waals surface area contributed by atoms with Gasteiger partial charge in [0.1, 0.15) is 5.75 Å². The lowest BCUT2D eigenvalue weighted by molar-refractivity contribution is 0.0878. The quantitative estimate of drug-likeness (QED) is 0.117. The number of benzene rings is 4. The second kappa shape index (κ2) is 17.3. The molecule has 228 valence electrons. The first kappa shape index (κ1) is 33.7. The van der Waals surface area contributed by atoms with Crippen LogP contribution in [0.2, 0.25) is 0 Å². The van der Waals surface area contributed by atoms with Crippen LogP contribution in [0.3, 0.4) is 0 Å². The Balaban J connectivity index is 0.000000240. The van der Waals surface area contributed by atoms with E-state index in [9.17, 15) is 19.2 Å². The van der Waals surface area contributed by atoms with Gasteiger partial charge < -0.3 is 10.1 Å². The molecule has 0 bridgehead atoms. The molecule has 6 heteroatoms. The average molecular weight is 592 g/mol. The Bertz CT molecular complexity index is 1400. The van der Waals surface area contributed by atoms with Crippen LogP contribution in [0, 0.1) is 13.8 Å². The van der Waals surface area contributed by atoms with Gasteiger partial charge in [-0.15, -0.1) is 0 Å². The predicted octanol–water partition coefficient (Wildman–Crippen LogP) is 8.51. The molecule has 0 aliphatic rings. The van der Waals surface area contributed by atoms with Gasteiger partial charge in [0.05, 0.1) is 19.4 Å². The summed E-state index contributed by atoms with van der Waals surface area (Å²) in [6.07, 6.45) is 1.78. The Hall–Kier alpha value is -4.84. The molecule has 0 heterocycles. The lowest BCUT2D eigenvalue weighted by atomic mass is 10.0. The molecule has 0 unspecified atom stereocenters. The Morgan fingerprint density at radius 2 is 0.886 bits per heavy atom. The molecule has 0 atom stereocenters. The number of aryl methyl sites for hydroxylation is 2. The SMILES string of the molecule is CCCNc1ccc(C(=O)CC(=O)c2ccc(C)cc2)cc1.CCCOc1ccc(C(=O)CC(=O)c2ccc(C)cc2)cc1. The number of rotatable bonds is 14. The number of ether oxygens (including phenoxy) is 1. The van der Waals surface area contributed by atoms with Crippen LogP contribution in [-0.4, -0.2) is 36.3 Å². The van der Waals surface area contributed by atoms with E-state index in [1.165, 1.54) is 0 Å². The summed E-state index contributed by atoms with van der Waals surface area (Å²) in [6.45, 7) is 9.61. The topological polar surface area (TPSA) is 89.5 Å². The summed E-state index contributed by atoms with van der Waals surface area (Å²) >= 11 is 0. The molecule has 0 spiro atoms. The van der Waals surface area contributed by atoms with Gasteiger partial charge in [0.25, 0.3) is 0 Å². The molecule has 4 rings (SSSR count). The smallest absolute Gasteiger partial charge is 0.170 e. The first-order valence-electron chi connectivity index (χ1n) is 15.0. The zero-order chi connectivity index (χ0) is 31.9. The van der Waals surface area contributed by atoms with Gasteiger partial charge in [0, 0.05) is 34.5 Å². The maximum Gasteiger partial charge on any atom is 0.170 e. The Kier molecular flexibility index (Phi) is 13.2. The zero-order valence-electron chi connectivity index (χ0n) is 26.0. The fourth-order valence-electron chi connectivity index (χ4n) is 4.18. The molecule has 0 fully saturated rings. The van der Waals surface area contributed by atoms with E-state index >= 15 is 0 Å². The minimum Gasteiger partial charge on any atom is -0.494 e. The van der Waals surface area contributed by atoms with E-state index < -0.39 is 0 Å². The van der Waals surface area contributed by atoms with Crippen molar-refractivity contribution in [2.75, 3.05) is 18.5 Å². The van der Waals surface area contributed by atoms with E-state index in [4.69, 9.17) is 4.74 Å². The summed E-state index contributed by atoms with van der Waals surface area (Å²) in [5.41, 5.74) is 5.43. The fourth-order valence-corrected chi connectivity index (χ4v) is 4.18. The monoisotopic (exact) mass is 591 g/mol. The van der Waals surface area contributed by atoms with Crippen LogP contribution in [0.25, 0.3) is 0 Å². The van der Waals surface area contributed by atoms with Gasteiger partial charge in [-0.05, 0) is 75.2 Å². The molecule has 1 N–H and O–H groups in total. The Morgan fingerprint density at radius 1 is 0.523 bits per heavy atom.